The molecule has 0 aromatic carbocycles. The van der Waals surface area contributed by atoms with Gasteiger partial charge in [0, 0.05) is 6.42 Å². The fourth-order valence-electron chi connectivity index (χ4n) is 2.38. The first-order valence-electron chi connectivity index (χ1n) is 6.48. The van der Waals surface area contributed by atoms with Crippen LogP contribution >= 0.6 is 0 Å². The van der Waals surface area contributed by atoms with E-state index in [1.807, 2.05) is 6.08 Å². The summed E-state index contributed by atoms with van der Waals surface area (Å²) >= 11 is 0. The minimum Gasteiger partial charge on any atom is -0.295 e. The zero-order valence-electron chi connectivity index (χ0n) is 10.2. The van der Waals surface area contributed by atoms with Gasteiger partial charge in [0.2, 0.25) is 0 Å². The summed E-state index contributed by atoms with van der Waals surface area (Å²) in [5.74, 6) is 1.01. The molecule has 0 aromatic rings. The molecule has 0 amide bonds. The molecule has 1 rings (SSSR count). The van der Waals surface area contributed by atoms with Crippen molar-refractivity contribution in [2.24, 2.45) is 5.92 Å². The number of unbranched alkanes of at least 4 members (excludes halogenated alkanes) is 3. The quantitative estimate of drug-likeness (QED) is 0.596. The Morgan fingerprint density at radius 1 is 1.20 bits per heavy atom. The minimum absolute atomic E-state index is 0.360. The Labute approximate surface area is 93.9 Å². The zero-order chi connectivity index (χ0) is 11.1. The van der Waals surface area contributed by atoms with Gasteiger partial charge in [-0.3, -0.25) is 4.79 Å². The molecule has 0 N–H and O–H groups in total. The topological polar surface area (TPSA) is 17.1 Å². The van der Waals surface area contributed by atoms with Crippen molar-refractivity contribution in [2.45, 2.75) is 65.2 Å². The molecule has 0 saturated heterocycles. The second-order valence-corrected chi connectivity index (χ2v) is 4.75. The van der Waals surface area contributed by atoms with Crippen molar-refractivity contribution in [3.8, 4) is 0 Å². The van der Waals surface area contributed by atoms with E-state index in [-0.39, 0.29) is 0 Å². The molecule has 1 heteroatoms. The van der Waals surface area contributed by atoms with E-state index >= 15 is 0 Å². The van der Waals surface area contributed by atoms with Crippen LogP contribution in [0.5, 0.6) is 0 Å². The van der Waals surface area contributed by atoms with Gasteiger partial charge in [-0.1, -0.05) is 45.1 Å². The summed E-state index contributed by atoms with van der Waals surface area (Å²) in [6, 6.07) is 0. The summed E-state index contributed by atoms with van der Waals surface area (Å²) in [7, 11) is 0. The molecular weight excluding hydrogens is 184 g/mol. The SMILES string of the molecule is CCCCCCC1CC(=O)C=C(CC)C1. The molecule has 0 radical (unpaired) electrons. The van der Waals surface area contributed by atoms with E-state index in [4.69, 9.17) is 0 Å². The monoisotopic (exact) mass is 208 g/mol. The molecule has 0 spiro atoms. The standard InChI is InChI=1S/C14H24O/c1-3-5-6-7-8-13-9-12(4-2)10-14(15)11-13/h10,13H,3-9,11H2,1-2H3. The fourth-order valence-corrected chi connectivity index (χ4v) is 2.38. The largest absolute Gasteiger partial charge is 0.295 e. The Bertz CT molecular complexity index is 227. The van der Waals surface area contributed by atoms with Crippen LogP contribution in [0.1, 0.15) is 65.2 Å². The molecule has 0 bridgehead atoms. The van der Waals surface area contributed by atoms with Crippen molar-refractivity contribution in [3.63, 3.8) is 0 Å². The Morgan fingerprint density at radius 2 is 2.00 bits per heavy atom. The molecule has 1 aliphatic rings. The summed E-state index contributed by atoms with van der Waals surface area (Å²) < 4.78 is 0. The van der Waals surface area contributed by atoms with Crippen LogP contribution in [0.25, 0.3) is 0 Å². The third kappa shape index (κ3) is 4.63. The van der Waals surface area contributed by atoms with Gasteiger partial charge in [-0.25, -0.2) is 0 Å². The van der Waals surface area contributed by atoms with Gasteiger partial charge in [-0.15, -0.1) is 0 Å². The average molecular weight is 208 g/mol. The number of hydrogen-bond donors (Lipinski definition) is 0. The summed E-state index contributed by atoms with van der Waals surface area (Å²) in [6.07, 6.45) is 11.4. The van der Waals surface area contributed by atoms with Crippen LogP contribution in [0, 0.1) is 5.92 Å². The van der Waals surface area contributed by atoms with Crippen molar-refractivity contribution in [2.75, 3.05) is 0 Å². The summed E-state index contributed by atoms with van der Waals surface area (Å²) in [4.78, 5) is 11.5. The van der Waals surface area contributed by atoms with Crippen LogP contribution in [0.15, 0.2) is 11.6 Å². The predicted molar refractivity (Wildman–Crippen MR) is 64.9 cm³/mol. The van der Waals surface area contributed by atoms with Crippen molar-refractivity contribution >= 4 is 5.78 Å². The molecular formula is C14H24O. The maximum Gasteiger partial charge on any atom is 0.155 e. The molecule has 0 saturated carbocycles. The van der Waals surface area contributed by atoms with Gasteiger partial charge in [-0.2, -0.15) is 0 Å². The van der Waals surface area contributed by atoms with Gasteiger partial charge in [0.25, 0.3) is 0 Å². The van der Waals surface area contributed by atoms with Gasteiger partial charge in [0.05, 0.1) is 0 Å². The normalized spacial score (nSPS) is 21.6. The third-order valence-corrected chi connectivity index (χ3v) is 3.33. The van der Waals surface area contributed by atoms with Crippen molar-refractivity contribution in [3.05, 3.63) is 11.6 Å². The smallest absolute Gasteiger partial charge is 0.155 e. The molecule has 1 atom stereocenters. The zero-order valence-corrected chi connectivity index (χ0v) is 10.2. The van der Waals surface area contributed by atoms with Crippen LogP contribution in [0.3, 0.4) is 0 Å². The molecule has 15 heavy (non-hydrogen) atoms. The summed E-state index contributed by atoms with van der Waals surface area (Å²) in [5.41, 5.74) is 1.37. The maximum atomic E-state index is 11.5. The highest BCUT2D eigenvalue weighted by atomic mass is 16.1. The molecule has 1 aliphatic carbocycles. The van der Waals surface area contributed by atoms with E-state index in [0.717, 1.165) is 12.8 Å². The van der Waals surface area contributed by atoms with Gasteiger partial charge in [0.1, 0.15) is 0 Å². The highest BCUT2D eigenvalue weighted by Crippen LogP contribution is 2.28. The number of carbonyl (C=O) groups excluding carboxylic acids is 1. The lowest BCUT2D eigenvalue weighted by molar-refractivity contribution is -0.116. The third-order valence-electron chi connectivity index (χ3n) is 3.33. The van der Waals surface area contributed by atoms with Gasteiger partial charge >= 0.3 is 0 Å². The predicted octanol–water partition coefficient (Wildman–Crippen LogP) is 4.27. The van der Waals surface area contributed by atoms with Crippen LogP contribution in [0.4, 0.5) is 0 Å². The van der Waals surface area contributed by atoms with Gasteiger partial charge in [0.15, 0.2) is 5.78 Å². The van der Waals surface area contributed by atoms with E-state index in [2.05, 4.69) is 13.8 Å². The molecule has 1 nitrogen and oxygen atoms in total. The number of hydrogen-bond acceptors (Lipinski definition) is 1. The maximum absolute atomic E-state index is 11.5. The molecule has 86 valence electrons. The first-order chi connectivity index (χ1) is 7.26. The average Bonchev–Trinajstić information content (AvgIpc) is 2.23. The lowest BCUT2D eigenvalue weighted by Gasteiger charge is -2.21. The highest BCUT2D eigenvalue weighted by Gasteiger charge is 2.18. The molecule has 1 unspecified atom stereocenters. The van der Waals surface area contributed by atoms with Gasteiger partial charge in [-0.05, 0) is 31.3 Å². The Balaban J connectivity index is 2.26. The van der Waals surface area contributed by atoms with Crippen LogP contribution in [-0.4, -0.2) is 5.78 Å². The Morgan fingerprint density at radius 3 is 2.67 bits per heavy atom. The molecule has 0 aliphatic heterocycles. The van der Waals surface area contributed by atoms with Crippen molar-refractivity contribution in [1.29, 1.82) is 0 Å². The van der Waals surface area contributed by atoms with Crippen LogP contribution < -0.4 is 0 Å². The van der Waals surface area contributed by atoms with Crippen LogP contribution in [-0.2, 0) is 4.79 Å². The van der Waals surface area contributed by atoms with E-state index in [1.54, 1.807) is 0 Å². The fraction of sp³-hybridized carbons (Fsp3) is 0.786. The minimum atomic E-state index is 0.360. The summed E-state index contributed by atoms with van der Waals surface area (Å²) in [6.45, 7) is 4.39. The Hall–Kier alpha value is -0.590. The lowest BCUT2D eigenvalue weighted by Crippen LogP contribution is -2.13. The van der Waals surface area contributed by atoms with Crippen molar-refractivity contribution < 1.29 is 4.79 Å². The van der Waals surface area contributed by atoms with Gasteiger partial charge < -0.3 is 0 Å². The molecule has 0 aromatic heterocycles. The second-order valence-electron chi connectivity index (χ2n) is 4.75. The Kier molecular flexibility index (Phi) is 5.67. The van der Waals surface area contributed by atoms with E-state index in [9.17, 15) is 4.79 Å². The lowest BCUT2D eigenvalue weighted by atomic mass is 9.84. The molecule has 0 heterocycles. The van der Waals surface area contributed by atoms with E-state index < -0.39 is 0 Å². The number of allylic oxidation sites excluding steroid dienone is 2. The first-order valence-corrected chi connectivity index (χ1v) is 6.48. The molecule has 0 fully saturated rings. The number of rotatable bonds is 6. The summed E-state index contributed by atoms with van der Waals surface area (Å²) in [5, 5.41) is 0. The second kappa shape index (κ2) is 6.81. The van der Waals surface area contributed by atoms with Crippen molar-refractivity contribution in [1.82, 2.24) is 0 Å². The number of carbonyl (C=O) groups is 1. The van der Waals surface area contributed by atoms with E-state index in [0.29, 0.717) is 11.7 Å². The van der Waals surface area contributed by atoms with E-state index in [1.165, 1.54) is 44.1 Å². The first kappa shape index (κ1) is 12.5. The van der Waals surface area contributed by atoms with Crippen LogP contribution in [0.2, 0.25) is 0 Å². The highest BCUT2D eigenvalue weighted by molar-refractivity contribution is 5.91. The number of ketones is 1.